The molecule has 2 N–H and O–H groups in total. The van der Waals surface area contributed by atoms with Gasteiger partial charge < -0.3 is 10.3 Å². The quantitative estimate of drug-likeness (QED) is 0.657. The van der Waals surface area contributed by atoms with Gasteiger partial charge in [0.05, 0.1) is 5.75 Å². The van der Waals surface area contributed by atoms with Gasteiger partial charge in [-0.05, 0) is 37.1 Å². The molecule has 0 spiro atoms. The number of carbonyl (C=O) groups is 1. The number of aryl methyl sites for hydroxylation is 2. The molecule has 1 heterocycles. The van der Waals surface area contributed by atoms with Crippen LogP contribution in [-0.2, 0) is 11.2 Å². The molecule has 0 saturated heterocycles. The smallest absolute Gasteiger partial charge is 0.325 e. The SMILES string of the molecule is CCc1ccc(NC(=O)CSc2cc(C)[nH]c(=O)n2)cc1. The van der Waals surface area contributed by atoms with Crippen LogP contribution in [0.2, 0.25) is 0 Å². The molecule has 6 heteroatoms. The average Bonchev–Trinajstić information content (AvgIpc) is 2.45. The molecule has 0 fully saturated rings. The maximum absolute atomic E-state index is 11.9. The minimum absolute atomic E-state index is 0.121. The number of carbonyl (C=O) groups excluding carboxylic acids is 1. The lowest BCUT2D eigenvalue weighted by Crippen LogP contribution is -2.16. The van der Waals surface area contributed by atoms with Crippen molar-refractivity contribution in [2.75, 3.05) is 11.1 Å². The highest BCUT2D eigenvalue weighted by atomic mass is 32.2. The Labute approximate surface area is 127 Å². The third kappa shape index (κ3) is 4.75. The Bertz CT molecular complexity index is 680. The van der Waals surface area contributed by atoms with Crippen LogP contribution in [-0.4, -0.2) is 21.6 Å². The summed E-state index contributed by atoms with van der Waals surface area (Å²) >= 11 is 1.24. The molecule has 0 aliphatic heterocycles. The molecule has 1 aromatic carbocycles. The van der Waals surface area contributed by atoms with Gasteiger partial charge in [-0.1, -0.05) is 30.8 Å². The summed E-state index contributed by atoms with van der Waals surface area (Å²) in [6.45, 7) is 3.86. The number of anilines is 1. The number of H-pyrrole nitrogens is 1. The fourth-order valence-electron chi connectivity index (χ4n) is 1.78. The number of hydrogen-bond acceptors (Lipinski definition) is 4. The summed E-state index contributed by atoms with van der Waals surface area (Å²) in [5.41, 5.74) is 2.33. The number of amides is 1. The van der Waals surface area contributed by atoms with Gasteiger partial charge in [0.15, 0.2) is 0 Å². The van der Waals surface area contributed by atoms with E-state index in [1.54, 1.807) is 13.0 Å². The molecule has 2 rings (SSSR count). The van der Waals surface area contributed by atoms with E-state index in [-0.39, 0.29) is 11.7 Å². The highest BCUT2D eigenvalue weighted by Crippen LogP contribution is 2.15. The fraction of sp³-hybridized carbons (Fsp3) is 0.267. The Morgan fingerprint density at radius 3 is 2.67 bits per heavy atom. The van der Waals surface area contributed by atoms with Crippen molar-refractivity contribution >= 4 is 23.4 Å². The van der Waals surface area contributed by atoms with E-state index >= 15 is 0 Å². The molecular formula is C15H17N3O2S. The first kappa shape index (κ1) is 15.3. The number of rotatable bonds is 5. The van der Waals surface area contributed by atoms with Crippen molar-refractivity contribution < 1.29 is 4.79 Å². The minimum Gasteiger partial charge on any atom is -0.325 e. The Morgan fingerprint density at radius 1 is 1.33 bits per heavy atom. The lowest BCUT2D eigenvalue weighted by Gasteiger charge is -2.06. The second-order valence-corrected chi connectivity index (χ2v) is 5.59. The van der Waals surface area contributed by atoms with Crippen molar-refractivity contribution in [1.29, 1.82) is 0 Å². The summed E-state index contributed by atoms with van der Waals surface area (Å²) in [5, 5.41) is 3.37. The van der Waals surface area contributed by atoms with Crippen LogP contribution in [0.1, 0.15) is 18.2 Å². The molecule has 0 aliphatic carbocycles. The van der Waals surface area contributed by atoms with Gasteiger partial charge in [-0.25, -0.2) is 4.79 Å². The standard InChI is InChI=1S/C15H17N3O2S/c1-3-11-4-6-12(7-5-11)17-13(19)9-21-14-8-10(2)16-15(20)18-14/h4-8H,3,9H2,1-2H3,(H,17,19)(H,16,18,20). The van der Waals surface area contributed by atoms with Crippen LogP contribution in [0.25, 0.3) is 0 Å². The van der Waals surface area contributed by atoms with Crippen LogP contribution in [0.15, 0.2) is 40.2 Å². The molecule has 21 heavy (non-hydrogen) atoms. The number of thioether (sulfide) groups is 1. The zero-order valence-electron chi connectivity index (χ0n) is 12.0. The maximum atomic E-state index is 11.9. The number of aromatic nitrogens is 2. The van der Waals surface area contributed by atoms with Crippen molar-refractivity contribution in [2.24, 2.45) is 0 Å². The summed E-state index contributed by atoms with van der Waals surface area (Å²) in [4.78, 5) is 29.5. The van der Waals surface area contributed by atoms with Crippen LogP contribution in [0.4, 0.5) is 5.69 Å². The first-order chi connectivity index (χ1) is 10.1. The number of nitrogens with one attached hydrogen (secondary N) is 2. The van der Waals surface area contributed by atoms with E-state index in [0.717, 1.165) is 17.8 Å². The van der Waals surface area contributed by atoms with Gasteiger partial charge in [0.2, 0.25) is 5.91 Å². The number of hydrogen-bond donors (Lipinski definition) is 2. The van der Waals surface area contributed by atoms with E-state index in [1.165, 1.54) is 17.3 Å². The highest BCUT2D eigenvalue weighted by Gasteiger charge is 2.05. The monoisotopic (exact) mass is 303 g/mol. The molecule has 2 aromatic rings. The zero-order chi connectivity index (χ0) is 15.2. The molecule has 1 amide bonds. The van der Waals surface area contributed by atoms with Gasteiger partial charge in [0, 0.05) is 11.4 Å². The topological polar surface area (TPSA) is 74.8 Å². The molecule has 0 radical (unpaired) electrons. The predicted molar refractivity (Wildman–Crippen MR) is 84.8 cm³/mol. The molecule has 0 unspecified atom stereocenters. The summed E-state index contributed by atoms with van der Waals surface area (Å²) in [5.74, 6) is 0.0924. The lowest BCUT2D eigenvalue weighted by atomic mass is 10.1. The summed E-state index contributed by atoms with van der Waals surface area (Å²) in [6.07, 6.45) is 0.970. The van der Waals surface area contributed by atoms with E-state index in [9.17, 15) is 9.59 Å². The molecule has 0 atom stereocenters. The highest BCUT2D eigenvalue weighted by molar-refractivity contribution is 7.99. The average molecular weight is 303 g/mol. The molecule has 0 bridgehead atoms. The molecule has 1 aromatic heterocycles. The Kier molecular flexibility index (Phi) is 5.16. The summed E-state index contributed by atoms with van der Waals surface area (Å²) in [6, 6.07) is 9.50. The van der Waals surface area contributed by atoms with Crippen molar-refractivity contribution in [3.8, 4) is 0 Å². The van der Waals surface area contributed by atoms with Crippen LogP contribution in [0.3, 0.4) is 0 Å². The van der Waals surface area contributed by atoms with Crippen molar-refractivity contribution in [3.63, 3.8) is 0 Å². The van der Waals surface area contributed by atoms with Gasteiger partial charge in [-0.15, -0.1) is 0 Å². The number of benzene rings is 1. The second-order valence-electron chi connectivity index (χ2n) is 4.59. The second kappa shape index (κ2) is 7.08. The van der Waals surface area contributed by atoms with Crippen molar-refractivity contribution in [3.05, 3.63) is 52.1 Å². The molecule has 5 nitrogen and oxygen atoms in total. The lowest BCUT2D eigenvalue weighted by molar-refractivity contribution is -0.113. The van der Waals surface area contributed by atoms with E-state index in [1.807, 2.05) is 24.3 Å². The third-order valence-electron chi connectivity index (χ3n) is 2.85. The first-order valence-electron chi connectivity index (χ1n) is 6.66. The maximum Gasteiger partial charge on any atom is 0.346 e. The van der Waals surface area contributed by atoms with Gasteiger partial charge in [0.1, 0.15) is 5.03 Å². The van der Waals surface area contributed by atoms with E-state index < -0.39 is 5.69 Å². The van der Waals surface area contributed by atoms with E-state index in [0.29, 0.717) is 5.03 Å². The van der Waals surface area contributed by atoms with Gasteiger partial charge in [0.25, 0.3) is 0 Å². The van der Waals surface area contributed by atoms with Crippen LogP contribution in [0.5, 0.6) is 0 Å². The minimum atomic E-state index is -0.395. The van der Waals surface area contributed by atoms with Gasteiger partial charge in [-0.2, -0.15) is 4.98 Å². The number of nitrogens with zero attached hydrogens (tertiary/aromatic N) is 1. The molecule has 110 valence electrons. The van der Waals surface area contributed by atoms with Gasteiger partial charge in [-0.3, -0.25) is 4.79 Å². The first-order valence-corrected chi connectivity index (χ1v) is 7.65. The van der Waals surface area contributed by atoms with Crippen LogP contribution in [0, 0.1) is 6.92 Å². The van der Waals surface area contributed by atoms with Crippen molar-refractivity contribution in [1.82, 2.24) is 9.97 Å². The third-order valence-corrected chi connectivity index (χ3v) is 3.76. The van der Waals surface area contributed by atoms with Gasteiger partial charge >= 0.3 is 5.69 Å². The Balaban J connectivity index is 1.90. The van der Waals surface area contributed by atoms with Crippen molar-refractivity contribution in [2.45, 2.75) is 25.3 Å². The molecule has 0 saturated carbocycles. The Morgan fingerprint density at radius 2 is 2.05 bits per heavy atom. The van der Waals surface area contributed by atoms with E-state index in [2.05, 4.69) is 22.2 Å². The number of aromatic amines is 1. The predicted octanol–water partition coefficient (Wildman–Crippen LogP) is 2.37. The Hall–Kier alpha value is -2.08. The van der Waals surface area contributed by atoms with Crippen LogP contribution < -0.4 is 11.0 Å². The molecular weight excluding hydrogens is 286 g/mol. The molecule has 0 aliphatic rings. The summed E-state index contributed by atoms with van der Waals surface area (Å²) in [7, 11) is 0. The van der Waals surface area contributed by atoms with E-state index in [4.69, 9.17) is 0 Å². The normalized spacial score (nSPS) is 10.4. The zero-order valence-corrected chi connectivity index (χ0v) is 12.8. The largest absolute Gasteiger partial charge is 0.346 e. The van der Waals surface area contributed by atoms with Crippen LogP contribution >= 0.6 is 11.8 Å². The fourth-order valence-corrected chi connectivity index (χ4v) is 2.54. The summed E-state index contributed by atoms with van der Waals surface area (Å²) < 4.78 is 0.